The number of hydrogen-bond acceptors (Lipinski definition) is 3. The van der Waals surface area contributed by atoms with Gasteiger partial charge in [-0.3, -0.25) is 4.98 Å². The van der Waals surface area contributed by atoms with E-state index < -0.39 is 0 Å². The summed E-state index contributed by atoms with van der Waals surface area (Å²) in [5, 5.41) is 0. The van der Waals surface area contributed by atoms with Crippen LogP contribution in [0.25, 0.3) is 0 Å². The molecule has 1 aromatic heterocycles. The Morgan fingerprint density at radius 3 is 2.91 bits per heavy atom. The number of aromatic nitrogens is 1. The fraction of sp³-hybridized carbons (Fsp3) is 0.375. The van der Waals surface area contributed by atoms with Crippen LogP contribution in [-0.2, 0) is 11.3 Å². The molecule has 0 bridgehead atoms. The van der Waals surface area contributed by atoms with E-state index in [0.29, 0.717) is 6.61 Å². The highest BCUT2D eigenvalue weighted by atomic mass is 16.5. The van der Waals surface area contributed by atoms with Crippen molar-refractivity contribution in [2.45, 2.75) is 13.5 Å². The monoisotopic (exact) mass is 152 g/mol. The van der Waals surface area contributed by atoms with Gasteiger partial charge in [-0.25, -0.2) is 0 Å². The van der Waals surface area contributed by atoms with Gasteiger partial charge in [0.2, 0.25) is 0 Å². The van der Waals surface area contributed by atoms with Gasteiger partial charge in [-0.15, -0.1) is 0 Å². The van der Waals surface area contributed by atoms with Crippen LogP contribution in [0.3, 0.4) is 0 Å². The number of hydrogen-bond donors (Lipinski definition) is 1. The van der Waals surface area contributed by atoms with Crippen LogP contribution in [0.4, 0.5) is 5.69 Å². The van der Waals surface area contributed by atoms with Crippen LogP contribution in [0.2, 0.25) is 0 Å². The van der Waals surface area contributed by atoms with Gasteiger partial charge in [0.1, 0.15) is 0 Å². The van der Waals surface area contributed by atoms with Gasteiger partial charge in [0.15, 0.2) is 0 Å². The molecule has 3 nitrogen and oxygen atoms in total. The van der Waals surface area contributed by atoms with Crippen molar-refractivity contribution < 1.29 is 4.74 Å². The number of nitrogen functional groups attached to an aromatic ring is 1. The van der Waals surface area contributed by atoms with E-state index in [-0.39, 0.29) is 0 Å². The molecular weight excluding hydrogens is 140 g/mol. The van der Waals surface area contributed by atoms with Crippen molar-refractivity contribution in [3.05, 3.63) is 23.5 Å². The number of methoxy groups -OCH3 is 1. The third-order valence-electron chi connectivity index (χ3n) is 1.50. The predicted octanol–water partition coefficient (Wildman–Crippen LogP) is 1.12. The van der Waals surface area contributed by atoms with Crippen LogP contribution in [0, 0.1) is 6.92 Å². The minimum absolute atomic E-state index is 0.543. The average Bonchev–Trinajstić information content (AvgIpc) is 1.98. The second kappa shape index (κ2) is 3.34. The summed E-state index contributed by atoms with van der Waals surface area (Å²) in [7, 11) is 1.65. The van der Waals surface area contributed by atoms with E-state index in [0.717, 1.165) is 16.9 Å². The lowest BCUT2D eigenvalue weighted by atomic mass is 10.2. The highest BCUT2D eigenvalue weighted by Crippen LogP contribution is 2.09. The van der Waals surface area contributed by atoms with Crippen LogP contribution in [0.5, 0.6) is 0 Å². The number of pyridine rings is 1. The third-order valence-corrected chi connectivity index (χ3v) is 1.50. The molecule has 0 spiro atoms. The second-order valence-corrected chi connectivity index (χ2v) is 2.47. The highest BCUT2D eigenvalue weighted by Gasteiger charge is 1.96. The largest absolute Gasteiger partial charge is 0.397 e. The number of nitrogens with zero attached hydrogens (tertiary/aromatic N) is 1. The molecule has 0 fully saturated rings. The zero-order valence-corrected chi connectivity index (χ0v) is 6.79. The third kappa shape index (κ3) is 1.91. The molecule has 11 heavy (non-hydrogen) atoms. The van der Waals surface area contributed by atoms with Gasteiger partial charge in [0, 0.05) is 7.11 Å². The van der Waals surface area contributed by atoms with E-state index in [4.69, 9.17) is 10.5 Å². The van der Waals surface area contributed by atoms with Gasteiger partial charge in [-0.2, -0.15) is 0 Å². The molecule has 0 aliphatic rings. The molecule has 0 aromatic carbocycles. The maximum Gasteiger partial charge on any atom is 0.0884 e. The summed E-state index contributed by atoms with van der Waals surface area (Å²) in [6.45, 7) is 2.50. The molecule has 0 aliphatic carbocycles. The Kier molecular flexibility index (Phi) is 2.44. The van der Waals surface area contributed by atoms with E-state index in [1.165, 1.54) is 0 Å². The van der Waals surface area contributed by atoms with Gasteiger partial charge in [0.05, 0.1) is 24.2 Å². The quantitative estimate of drug-likeness (QED) is 0.690. The molecule has 0 aliphatic heterocycles. The molecule has 3 heteroatoms. The van der Waals surface area contributed by atoms with Crippen LogP contribution >= 0.6 is 0 Å². The molecule has 1 aromatic rings. The van der Waals surface area contributed by atoms with E-state index >= 15 is 0 Å². The van der Waals surface area contributed by atoms with E-state index in [1.807, 2.05) is 13.0 Å². The lowest BCUT2D eigenvalue weighted by molar-refractivity contribution is 0.181. The van der Waals surface area contributed by atoms with Gasteiger partial charge in [-0.05, 0) is 18.6 Å². The van der Waals surface area contributed by atoms with Crippen LogP contribution in [0.1, 0.15) is 11.3 Å². The van der Waals surface area contributed by atoms with Crippen molar-refractivity contribution >= 4 is 5.69 Å². The zero-order valence-electron chi connectivity index (χ0n) is 6.79. The fourth-order valence-corrected chi connectivity index (χ4v) is 0.852. The normalized spacial score (nSPS) is 10.0. The Balaban J connectivity index is 2.86. The first-order valence-corrected chi connectivity index (χ1v) is 3.44. The lowest BCUT2D eigenvalue weighted by Gasteiger charge is -2.01. The van der Waals surface area contributed by atoms with Crippen molar-refractivity contribution in [1.29, 1.82) is 0 Å². The summed E-state index contributed by atoms with van der Waals surface area (Å²) < 4.78 is 4.92. The number of nitrogens with two attached hydrogens (primary N) is 1. The summed E-state index contributed by atoms with van der Waals surface area (Å²) in [6, 6.07) is 1.93. The van der Waals surface area contributed by atoms with Gasteiger partial charge in [0.25, 0.3) is 0 Å². The molecule has 0 saturated carbocycles. The number of aryl methyl sites for hydroxylation is 1. The topological polar surface area (TPSA) is 48.1 Å². The number of ether oxygens (including phenoxy) is 1. The molecule has 0 atom stereocenters. The molecule has 60 valence electrons. The maximum atomic E-state index is 5.58. The molecule has 0 saturated heterocycles. The van der Waals surface area contributed by atoms with Gasteiger partial charge >= 0.3 is 0 Å². The van der Waals surface area contributed by atoms with Gasteiger partial charge in [-0.1, -0.05) is 0 Å². The molecule has 0 unspecified atom stereocenters. The predicted molar refractivity (Wildman–Crippen MR) is 44.1 cm³/mol. The van der Waals surface area contributed by atoms with Crippen LogP contribution < -0.4 is 5.73 Å². The van der Waals surface area contributed by atoms with Crippen LogP contribution in [0.15, 0.2) is 12.3 Å². The smallest absolute Gasteiger partial charge is 0.0884 e. The summed E-state index contributed by atoms with van der Waals surface area (Å²) in [4.78, 5) is 4.08. The van der Waals surface area contributed by atoms with Crippen molar-refractivity contribution in [1.82, 2.24) is 4.98 Å². The van der Waals surface area contributed by atoms with Crippen LogP contribution in [-0.4, -0.2) is 12.1 Å². The minimum atomic E-state index is 0.543. The standard InChI is InChI=1S/C8H12N2O/c1-6-3-7(5-11-2)10-4-8(6)9/h3-4H,5,9H2,1-2H3. The highest BCUT2D eigenvalue weighted by molar-refractivity contribution is 5.43. The summed E-state index contributed by atoms with van der Waals surface area (Å²) >= 11 is 0. The van der Waals surface area contributed by atoms with Crippen molar-refractivity contribution in [3.8, 4) is 0 Å². The van der Waals surface area contributed by atoms with E-state index in [1.54, 1.807) is 13.3 Å². The SMILES string of the molecule is COCc1cc(C)c(N)cn1. The summed E-state index contributed by atoms with van der Waals surface area (Å²) in [5.41, 5.74) is 8.27. The maximum absolute atomic E-state index is 5.58. The average molecular weight is 152 g/mol. The zero-order chi connectivity index (χ0) is 8.27. The Morgan fingerprint density at radius 2 is 2.36 bits per heavy atom. The second-order valence-electron chi connectivity index (χ2n) is 2.47. The summed E-state index contributed by atoms with van der Waals surface area (Å²) in [6.07, 6.45) is 1.66. The Hall–Kier alpha value is -1.09. The molecule has 1 rings (SSSR count). The molecule has 0 amide bonds. The lowest BCUT2D eigenvalue weighted by Crippen LogP contribution is -1.96. The number of rotatable bonds is 2. The molecule has 2 N–H and O–H groups in total. The van der Waals surface area contributed by atoms with Gasteiger partial charge < -0.3 is 10.5 Å². The first kappa shape index (κ1) is 8.01. The summed E-state index contributed by atoms with van der Waals surface area (Å²) in [5.74, 6) is 0. The van der Waals surface area contributed by atoms with E-state index in [2.05, 4.69) is 4.98 Å². The van der Waals surface area contributed by atoms with Crippen molar-refractivity contribution in [2.24, 2.45) is 0 Å². The van der Waals surface area contributed by atoms with Crippen molar-refractivity contribution in [3.63, 3.8) is 0 Å². The molecular formula is C8H12N2O. The minimum Gasteiger partial charge on any atom is -0.397 e. The fourth-order valence-electron chi connectivity index (χ4n) is 0.852. The first-order chi connectivity index (χ1) is 5.24. The van der Waals surface area contributed by atoms with Crippen molar-refractivity contribution in [2.75, 3.05) is 12.8 Å². The first-order valence-electron chi connectivity index (χ1n) is 3.44. The molecule has 0 radical (unpaired) electrons. The Bertz CT molecular complexity index is 248. The van der Waals surface area contributed by atoms with E-state index in [9.17, 15) is 0 Å². The molecule has 1 heterocycles. The number of anilines is 1. The Labute approximate surface area is 66.2 Å². The Morgan fingerprint density at radius 1 is 1.64 bits per heavy atom.